The molecule has 2 aromatic carbocycles. The summed E-state index contributed by atoms with van der Waals surface area (Å²) in [6.07, 6.45) is 2.73. The molecule has 5 rings (SSSR count). The third-order valence-electron chi connectivity index (χ3n) is 5.34. The number of aromatic hydroxyl groups is 1. The molecule has 0 fully saturated rings. The summed E-state index contributed by atoms with van der Waals surface area (Å²) >= 11 is 0. The van der Waals surface area contributed by atoms with Crippen molar-refractivity contribution in [1.29, 1.82) is 0 Å². The maximum atomic E-state index is 13.2. The van der Waals surface area contributed by atoms with E-state index in [1.54, 1.807) is 16.8 Å². The van der Waals surface area contributed by atoms with Gasteiger partial charge in [0.1, 0.15) is 18.1 Å². The number of ketones is 1. The SMILES string of the molecule is O=C1CC(c2ccccc2)CC2=C1C(c1ccc(O)cc1)n1ncnc1N2. The Labute approximate surface area is 156 Å². The summed E-state index contributed by atoms with van der Waals surface area (Å²) in [5, 5.41) is 17.3. The van der Waals surface area contributed by atoms with E-state index < -0.39 is 0 Å². The van der Waals surface area contributed by atoms with Gasteiger partial charge in [0.2, 0.25) is 5.95 Å². The lowest BCUT2D eigenvalue weighted by molar-refractivity contribution is -0.116. The van der Waals surface area contributed by atoms with E-state index in [2.05, 4.69) is 27.5 Å². The highest BCUT2D eigenvalue weighted by Crippen LogP contribution is 2.43. The lowest BCUT2D eigenvalue weighted by atomic mass is 9.78. The van der Waals surface area contributed by atoms with Crippen molar-refractivity contribution in [2.75, 3.05) is 5.32 Å². The second-order valence-electron chi connectivity index (χ2n) is 6.98. The number of nitrogens with one attached hydrogen (secondary N) is 1. The molecule has 0 saturated heterocycles. The van der Waals surface area contributed by atoms with Crippen LogP contribution in [0.4, 0.5) is 5.95 Å². The molecule has 0 bridgehead atoms. The number of fused-ring (bicyclic) bond motifs is 1. The molecular formula is C21H18N4O2. The zero-order chi connectivity index (χ0) is 18.4. The Bertz CT molecular complexity index is 1040. The van der Waals surface area contributed by atoms with E-state index in [9.17, 15) is 9.90 Å². The van der Waals surface area contributed by atoms with Crippen LogP contribution in [0.25, 0.3) is 0 Å². The van der Waals surface area contributed by atoms with Gasteiger partial charge in [-0.3, -0.25) is 4.79 Å². The van der Waals surface area contributed by atoms with Gasteiger partial charge in [-0.15, -0.1) is 0 Å². The van der Waals surface area contributed by atoms with Gasteiger partial charge in [-0.1, -0.05) is 42.5 Å². The van der Waals surface area contributed by atoms with Crippen LogP contribution in [0.15, 0.2) is 72.2 Å². The van der Waals surface area contributed by atoms with Crippen LogP contribution >= 0.6 is 0 Å². The standard InChI is InChI=1S/C21H18N4O2/c26-16-8-6-14(7-9-16)20-19-17(24-21-22-12-23-25(20)21)10-15(11-18(19)27)13-4-2-1-3-5-13/h1-9,12,15,20,26H,10-11H2,(H,22,23,24). The van der Waals surface area contributed by atoms with E-state index in [-0.39, 0.29) is 23.5 Å². The average molecular weight is 358 g/mol. The van der Waals surface area contributed by atoms with Crippen LogP contribution < -0.4 is 5.32 Å². The van der Waals surface area contributed by atoms with E-state index in [0.29, 0.717) is 12.4 Å². The molecule has 0 amide bonds. The highest BCUT2D eigenvalue weighted by Gasteiger charge is 2.39. The molecule has 1 aliphatic carbocycles. The first-order valence-electron chi connectivity index (χ1n) is 8.97. The zero-order valence-corrected chi connectivity index (χ0v) is 14.5. The van der Waals surface area contributed by atoms with Crippen LogP contribution in [-0.4, -0.2) is 25.7 Å². The maximum Gasteiger partial charge on any atom is 0.226 e. The number of hydrogen-bond acceptors (Lipinski definition) is 5. The molecule has 2 aliphatic rings. The van der Waals surface area contributed by atoms with Crippen molar-refractivity contribution in [2.24, 2.45) is 0 Å². The maximum absolute atomic E-state index is 13.2. The zero-order valence-electron chi connectivity index (χ0n) is 14.5. The Morgan fingerprint density at radius 1 is 1.00 bits per heavy atom. The molecule has 0 spiro atoms. The number of carbonyl (C=O) groups is 1. The largest absolute Gasteiger partial charge is 0.508 e. The normalized spacial score (nSPS) is 21.4. The summed E-state index contributed by atoms with van der Waals surface area (Å²) in [4.78, 5) is 17.5. The molecular weight excluding hydrogens is 340 g/mol. The van der Waals surface area contributed by atoms with Crippen LogP contribution in [0.1, 0.15) is 35.9 Å². The predicted octanol–water partition coefficient (Wildman–Crippen LogP) is 3.40. The first-order valence-corrected chi connectivity index (χ1v) is 8.97. The van der Waals surface area contributed by atoms with Crippen molar-refractivity contribution in [3.63, 3.8) is 0 Å². The fraction of sp³-hybridized carbons (Fsp3) is 0.190. The van der Waals surface area contributed by atoms with E-state index in [4.69, 9.17) is 0 Å². The number of carbonyl (C=O) groups excluding carboxylic acids is 1. The summed E-state index contributed by atoms with van der Waals surface area (Å²) in [5.41, 5.74) is 3.73. The molecule has 134 valence electrons. The molecule has 1 aliphatic heterocycles. The Balaban J connectivity index is 1.60. The van der Waals surface area contributed by atoms with E-state index in [1.165, 1.54) is 11.9 Å². The third kappa shape index (κ3) is 2.61. The molecule has 2 unspecified atom stereocenters. The Morgan fingerprint density at radius 2 is 1.78 bits per heavy atom. The van der Waals surface area contributed by atoms with Crippen molar-refractivity contribution in [1.82, 2.24) is 14.8 Å². The molecule has 0 saturated carbocycles. The van der Waals surface area contributed by atoms with Crippen LogP contribution in [0, 0.1) is 0 Å². The number of rotatable bonds is 2. The van der Waals surface area contributed by atoms with Crippen molar-refractivity contribution in [3.8, 4) is 5.75 Å². The highest BCUT2D eigenvalue weighted by molar-refractivity contribution is 6.00. The number of nitrogens with zero attached hydrogens (tertiary/aromatic N) is 3. The first kappa shape index (κ1) is 15.8. The van der Waals surface area contributed by atoms with Gasteiger partial charge >= 0.3 is 0 Å². The monoisotopic (exact) mass is 358 g/mol. The summed E-state index contributed by atoms with van der Waals surface area (Å²) in [6.45, 7) is 0. The third-order valence-corrected chi connectivity index (χ3v) is 5.34. The van der Waals surface area contributed by atoms with Gasteiger partial charge in [0, 0.05) is 17.7 Å². The predicted molar refractivity (Wildman–Crippen MR) is 100 cm³/mol. The van der Waals surface area contributed by atoms with Gasteiger partial charge in [-0.05, 0) is 35.6 Å². The summed E-state index contributed by atoms with van der Waals surface area (Å²) in [7, 11) is 0. The second kappa shape index (κ2) is 6.09. The van der Waals surface area contributed by atoms with Crippen molar-refractivity contribution >= 4 is 11.7 Å². The van der Waals surface area contributed by atoms with Crippen LogP contribution in [0.3, 0.4) is 0 Å². The van der Waals surface area contributed by atoms with Crippen molar-refractivity contribution < 1.29 is 9.90 Å². The van der Waals surface area contributed by atoms with Crippen molar-refractivity contribution in [3.05, 3.63) is 83.3 Å². The number of Topliss-reactive ketones (excluding diaryl/α,β-unsaturated/α-hetero) is 1. The highest BCUT2D eigenvalue weighted by atomic mass is 16.3. The fourth-order valence-electron chi connectivity index (χ4n) is 4.08. The van der Waals surface area contributed by atoms with Crippen molar-refractivity contribution in [2.45, 2.75) is 24.8 Å². The van der Waals surface area contributed by atoms with Gasteiger partial charge in [0.05, 0.1) is 0 Å². The molecule has 3 aromatic rings. The van der Waals surface area contributed by atoms with Crippen LogP contribution in [0.2, 0.25) is 0 Å². The minimum Gasteiger partial charge on any atom is -0.508 e. The second-order valence-corrected chi connectivity index (χ2v) is 6.98. The number of benzene rings is 2. The number of aromatic nitrogens is 3. The molecule has 27 heavy (non-hydrogen) atoms. The average Bonchev–Trinajstić information content (AvgIpc) is 3.16. The lowest BCUT2D eigenvalue weighted by Crippen LogP contribution is -2.33. The molecule has 2 N–H and O–H groups in total. The topological polar surface area (TPSA) is 80.0 Å². The van der Waals surface area contributed by atoms with Gasteiger partial charge in [0.15, 0.2) is 5.78 Å². The smallest absolute Gasteiger partial charge is 0.226 e. The summed E-state index contributed by atoms with van der Waals surface area (Å²) in [6, 6.07) is 16.8. The van der Waals surface area contributed by atoms with Gasteiger partial charge in [-0.2, -0.15) is 10.1 Å². The lowest BCUT2D eigenvalue weighted by Gasteiger charge is -2.35. The molecule has 0 radical (unpaired) electrons. The van der Waals surface area contributed by atoms with E-state index in [1.807, 2.05) is 30.3 Å². The van der Waals surface area contributed by atoms with E-state index in [0.717, 1.165) is 23.3 Å². The number of phenols is 1. The first-order chi connectivity index (χ1) is 13.2. The van der Waals surface area contributed by atoms with Gasteiger partial charge in [-0.25, -0.2) is 4.68 Å². The number of phenolic OH excluding ortho intramolecular Hbond substituents is 1. The molecule has 6 heteroatoms. The number of allylic oxidation sites excluding steroid dienone is 2. The minimum absolute atomic E-state index is 0.122. The Hall–Kier alpha value is -3.41. The van der Waals surface area contributed by atoms with Crippen LogP contribution in [-0.2, 0) is 4.79 Å². The van der Waals surface area contributed by atoms with Gasteiger partial charge < -0.3 is 10.4 Å². The Morgan fingerprint density at radius 3 is 2.56 bits per heavy atom. The summed E-state index contributed by atoms with van der Waals surface area (Å²) < 4.78 is 1.74. The van der Waals surface area contributed by atoms with Crippen LogP contribution in [0.5, 0.6) is 5.75 Å². The quantitative estimate of drug-likeness (QED) is 0.734. The number of anilines is 1. The van der Waals surface area contributed by atoms with E-state index >= 15 is 0 Å². The minimum atomic E-state index is -0.330. The Kier molecular flexibility index (Phi) is 3.57. The number of hydrogen-bond donors (Lipinski definition) is 2. The summed E-state index contributed by atoms with van der Waals surface area (Å²) in [5.74, 6) is 1.10. The molecule has 1 aromatic heterocycles. The van der Waals surface area contributed by atoms with Gasteiger partial charge in [0.25, 0.3) is 0 Å². The molecule has 6 nitrogen and oxygen atoms in total. The molecule has 2 heterocycles. The fourth-order valence-corrected chi connectivity index (χ4v) is 4.08. The molecule has 2 atom stereocenters.